The lowest BCUT2D eigenvalue weighted by Gasteiger charge is -2.58. The van der Waals surface area contributed by atoms with Crippen LogP contribution in [0.2, 0.25) is 0 Å². The summed E-state index contributed by atoms with van der Waals surface area (Å²) in [6.45, 7) is 9.52. The van der Waals surface area contributed by atoms with E-state index >= 15 is 0 Å². The first-order chi connectivity index (χ1) is 15.3. The molecule has 0 aliphatic heterocycles. The summed E-state index contributed by atoms with van der Waals surface area (Å²) in [4.78, 5) is 16.4. The number of rotatable bonds is 5. The summed E-state index contributed by atoms with van der Waals surface area (Å²) in [7, 11) is 0. The van der Waals surface area contributed by atoms with Crippen LogP contribution in [0.25, 0.3) is 0 Å². The predicted molar refractivity (Wildman–Crippen MR) is 128 cm³/mol. The van der Waals surface area contributed by atoms with Gasteiger partial charge in [0.1, 0.15) is 11.1 Å². The maximum atomic E-state index is 11.5. The normalized spacial score (nSPS) is 40.6. The summed E-state index contributed by atoms with van der Waals surface area (Å²) in [5.41, 5.74) is 2.23. The zero-order chi connectivity index (χ0) is 22.5. The van der Waals surface area contributed by atoms with E-state index in [0.717, 1.165) is 55.9 Å². The van der Waals surface area contributed by atoms with Gasteiger partial charge in [-0.15, -0.1) is 11.3 Å². The highest BCUT2D eigenvalue weighted by molar-refractivity contribution is 7.09. The Bertz CT molecular complexity index is 893. The highest BCUT2D eigenvalue weighted by atomic mass is 32.1. The summed E-state index contributed by atoms with van der Waals surface area (Å²) < 4.78 is 11.4. The molecule has 1 aromatic heterocycles. The molecule has 4 nitrogen and oxygen atoms in total. The van der Waals surface area contributed by atoms with Gasteiger partial charge in [0.05, 0.1) is 12.0 Å². The Balaban J connectivity index is 1.35. The van der Waals surface area contributed by atoms with E-state index in [9.17, 15) is 4.79 Å². The van der Waals surface area contributed by atoms with Crippen molar-refractivity contribution in [2.24, 2.45) is 28.6 Å². The van der Waals surface area contributed by atoms with E-state index in [1.165, 1.54) is 37.1 Å². The van der Waals surface area contributed by atoms with Gasteiger partial charge < -0.3 is 9.47 Å². The number of carbonyl (C=O) groups is 1. The third kappa shape index (κ3) is 3.63. The van der Waals surface area contributed by atoms with Gasteiger partial charge in [-0.2, -0.15) is 0 Å². The molecule has 5 heteroatoms. The summed E-state index contributed by atoms with van der Waals surface area (Å²) >= 11 is 1.81. The number of esters is 1. The zero-order valence-corrected chi connectivity index (χ0v) is 21.0. The van der Waals surface area contributed by atoms with Gasteiger partial charge in [0.25, 0.3) is 0 Å². The van der Waals surface area contributed by atoms with Crippen molar-refractivity contribution in [2.75, 3.05) is 6.61 Å². The topological polar surface area (TPSA) is 48.4 Å². The lowest BCUT2D eigenvalue weighted by molar-refractivity contribution is -0.148. The molecule has 0 radical (unpaired) electrons. The Kier molecular flexibility index (Phi) is 5.92. The third-order valence-corrected chi connectivity index (χ3v) is 10.6. The van der Waals surface area contributed by atoms with E-state index in [1.807, 2.05) is 11.3 Å². The molecule has 0 N–H and O–H groups in total. The first kappa shape index (κ1) is 22.4. The number of aromatic nitrogens is 1. The molecule has 0 aromatic carbocycles. The second-order valence-corrected chi connectivity index (χ2v) is 12.2. The number of fused-ring (bicyclic) bond motifs is 5. The van der Waals surface area contributed by atoms with Crippen LogP contribution in [0.5, 0.6) is 5.88 Å². The third-order valence-electron chi connectivity index (χ3n) is 9.64. The minimum Gasteiger partial charge on any atom is -0.477 e. The van der Waals surface area contributed by atoms with E-state index in [0.29, 0.717) is 16.7 Å². The number of ether oxygens (including phenoxy) is 2. The molecule has 0 bridgehead atoms. The van der Waals surface area contributed by atoms with Crippen LogP contribution >= 0.6 is 11.3 Å². The van der Waals surface area contributed by atoms with Gasteiger partial charge in [0, 0.05) is 19.3 Å². The SMILES string of the molecule is CCCOc1csc(C2CC[C@H]3[C@@H]4CC=C5CC(OC(C)=O)CC[C@]5(C)[C@H]4CC[C@]23C)n1. The fourth-order valence-electron chi connectivity index (χ4n) is 8.07. The molecule has 4 aliphatic rings. The average molecular weight is 458 g/mol. The Hall–Kier alpha value is -1.36. The van der Waals surface area contributed by atoms with Gasteiger partial charge in [0.15, 0.2) is 0 Å². The second kappa shape index (κ2) is 8.45. The van der Waals surface area contributed by atoms with Crippen LogP contribution in [0.15, 0.2) is 17.0 Å². The van der Waals surface area contributed by atoms with Crippen molar-refractivity contribution in [2.45, 2.75) is 97.5 Å². The monoisotopic (exact) mass is 457 g/mol. The van der Waals surface area contributed by atoms with Gasteiger partial charge >= 0.3 is 5.97 Å². The first-order valence-corrected chi connectivity index (χ1v) is 13.7. The summed E-state index contributed by atoms with van der Waals surface area (Å²) in [5, 5.41) is 3.42. The molecule has 32 heavy (non-hydrogen) atoms. The predicted octanol–water partition coefficient (Wildman–Crippen LogP) is 6.91. The Morgan fingerprint density at radius 2 is 2.03 bits per heavy atom. The maximum absolute atomic E-state index is 11.5. The van der Waals surface area contributed by atoms with Crippen molar-refractivity contribution in [3.8, 4) is 5.88 Å². The molecule has 0 amide bonds. The molecule has 1 heterocycles. The highest BCUT2D eigenvalue weighted by Crippen LogP contribution is 2.68. The van der Waals surface area contributed by atoms with Gasteiger partial charge in [-0.25, -0.2) is 4.98 Å². The lowest BCUT2D eigenvalue weighted by Crippen LogP contribution is -2.50. The average Bonchev–Trinajstić information content (AvgIpc) is 3.35. The van der Waals surface area contributed by atoms with Crippen molar-refractivity contribution < 1.29 is 14.3 Å². The Morgan fingerprint density at radius 1 is 1.19 bits per heavy atom. The van der Waals surface area contributed by atoms with Gasteiger partial charge in [-0.05, 0) is 80.0 Å². The van der Waals surface area contributed by atoms with Crippen LogP contribution < -0.4 is 4.74 Å². The van der Waals surface area contributed by atoms with Crippen molar-refractivity contribution in [1.82, 2.24) is 4.98 Å². The molecule has 0 spiro atoms. The number of nitrogens with zero attached hydrogens (tertiary/aromatic N) is 1. The minimum absolute atomic E-state index is 0.0853. The van der Waals surface area contributed by atoms with Crippen LogP contribution in [-0.4, -0.2) is 23.7 Å². The summed E-state index contributed by atoms with van der Waals surface area (Å²) in [5.74, 6) is 3.62. The Labute approximate surface area is 197 Å². The van der Waals surface area contributed by atoms with Crippen LogP contribution in [0.4, 0.5) is 0 Å². The van der Waals surface area contributed by atoms with Crippen LogP contribution in [0.1, 0.15) is 96.4 Å². The molecular formula is C27H39NO3S. The van der Waals surface area contributed by atoms with Crippen LogP contribution in [0, 0.1) is 28.6 Å². The number of hydrogen-bond acceptors (Lipinski definition) is 5. The molecule has 0 saturated heterocycles. The molecular weight excluding hydrogens is 418 g/mol. The fraction of sp³-hybridized carbons (Fsp3) is 0.778. The molecule has 7 atom stereocenters. The number of hydrogen-bond donors (Lipinski definition) is 0. The van der Waals surface area contributed by atoms with Crippen molar-refractivity contribution in [3.05, 3.63) is 22.0 Å². The largest absolute Gasteiger partial charge is 0.477 e. The van der Waals surface area contributed by atoms with Crippen molar-refractivity contribution in [1.29, 1.82) is 0 Å². The number of carbonyl (C=O) groups excluding carboxylic acids is 1. The quantitative estimate of drug-likeness (QED) is 0.356. The number of allylic oxidation sites excluding steroid dienone is 1. The molecule has 4 aliphatic carbocycles. The molecule has 2 unspecified atom stereocenters. The van der Waals surface area contributed by atoms with Crippen LogP contribution in [-0.2, 0) is 9.53 Å². The molecule has 1 aromatic rings. The van der Waals surface area contributed by atoms with E-state index in [1.54, 1.807) is 12.5 Å². The Morgan fingerprint density at radius 3 is 2.81 bits per heavy atom. The molecule has 3 saturated carbocycles. The molecule has 176 valence electrons. The van der Waals surface area contributed by atoms with E-state index in [4.69, 9.17) is 14.5 Å². The van der Waals surface area contributed by atoms with Gasteiger partial charge in [-0.1, -0.05) is 32.4 Å². The first-order valence-electron chi connectivity index (χ1n) is 12.8. The zero-order valence-electron chi connectivity index (χ0n) is 20.2. The maximum Gasteiger partial charge on any atom is 0.302 e. The standard InChI is InChI=1S/C27H39NO3S/c1-5-14-30-24-16-32-25(28-24)23-9-8-21-20-7-6-18-15-19(31-17(2)29)10-12-26(18,3)22(20)11-13-27(21,23)4/h6,16,19-23H,5,7-15H2,1-4H3/t19?,20-,21-,22-,23?,26-,27-/m0/s1. The van der Waals surface area contributed by atoms with Gasteiger partial charge in [0.2, 0.25) is 5.88 Å². The molecule has 5 rings (SSSR count). The summed E-state index contributed by atoms with van der Waals surface area (Å²) in [6, 6.07) is 0. The fourth-order valence-corrected chi connectivity index (χ4v) is 9.11. The van der Waals surface area contributed by atoms with E-state index in [-0.39, 0.29) is 12.1 Å². The van der Waals surface area contributed by atoms with Crippen LogP contribution in [0.3, 0.4) is 0 Å². The van der Waals surface area contributed by atoms with Crippen molar-refractivity contribution in [3.63, 3.8) is 0 Å². The number of thiazole rings is 1. The van der Waals surface area contributed by atoms with Crippen molar-refractivity contribution >= 4 is 17.3 Å². The minimum atomic E-state index is -0.135. The van der Waals surface area contributed by atoms with E-state index < -0.39 is 0 Å². The molecule has 3 fully saturated rings. The smallest absolute Gasteiger partial charge is 0.302 e. The van der Waals surface area contributed by atoms with E-state index in [2.05, 4.69) is 32.2 Å². The van der Waals surface area contributed by atoms with Gasteiger partial charge in [-0.3, -0.25) is 4.79 Å². The second-order valence-electron chi connectivity index (χ2n) is 11.3. The lowest BCUT2D eigenvalue weighted by atomic mass is 9.47. The summed E-state index contributed by atoms with van der Waals surface area (Å²) in [6.07, 6.45) is 13.2. The highest BCUT2D eigenvalue weighted by Gasteiger charge is 2.59.